The fourth-order valence-corrected chi connectivity index (χ4v) is 1.95. The molecule has 0 bridgehead atoms. The average Bonchev–Trinajstić information content (AvgIpc) is 3.01. The summed E-state index contributed by atoms with van der Waals surface area (Å²) in [6.45, 7) is -1.62. The molecule has 2 rings (SSSR count). The first-order valence-electron chi connectivity index (χ1n) is 7.19. The van der Waals surface area contributed by atoms with Crippen LogP contribution in [0.5, 0.6) is 0 Å². The number of nitrogens with zero attached hydrogens (tertiary/aromatic N) is 2. The van der Waals surface area contributed by atoms with Crippen molar-refractivity contribution in [3.05, 3.63) is 47.8 Å². The molecule has 1 N–H and O–H groups in total. The van der Waals surface area contributed by atoms with Crippen LogP contribution in [0.2, 0.25) is 0 Å². The number of anilines is 1. The average molecular weight is 395 g/mol. The number of carbonyl (C=O) groups is 2. The number of nitrogens with one attached hydrogen (secondary N) is 1. The van der Waals surface area contributed by atoms with E-state index in [0.717, 1.165) is 24.4 Å². The molecule has 0 saturated carbocycles. The zero-order chi connectivity index (χ0) is 20.2. The number of esters is 1. The van der Waals surface area contributed by atoms with Crippen LogP contribution in [-0.2, 0) is 33.2 Å². The highest BCUT2D eigenvalue weighted by molar-refractivity contribution is 5.93. The van der Waals surface area contributed by atoms with Gasteiger partial charge in [0.05, 0.1) is 11.3 Å². The zero-order valence-corrected chi connectivity index (χ0v) is 13.3. The quantitative estimate of drug-likeness (QED) is 0.624. The van der Waals surface area contributed by atoms with Gasteiger partial charge in [-0.05, 0) is 18.2 Å². The van der Waals surface area contributed by atoms with Gasteiger partial charge in [0.1, 0.15) is 6.54 Å². The number of hydrogen-bond acceptors (Lipinski definition) is 4. The number of hydrogen-bond donors (Lipinski definition) is 1. The van der Waals surface area contributed by atoms with Gasteiger partial charge >= 0.3 is 18.3 Å². The fraction of sp³-hybridized carbons (Fsp3) is 0.267. The molecule has 1 aromatic carbocycles. The van der Waals surface area contributed by atoms with Crippen molar-refractivity contribution in [1.82, 2.24) is 9.78 Å². The molecule has 0 saturated heterocycles. The number of rotatable bonds is 5. The van der Waals surface area contributed by atoms with Crippen LogP contribution in [0.15, 0.2) is 36.5 Å². The van der Waals surface area contributed by atoms with Crippen molar-refractivity contribution in [2.75, 3.05) is 11.9 Å². The second-order valence-corrected chi connectivity index (χ2v) is 5.15. The molecule has 146 valence electrons. The predicted octanol–water partition coefficient (Wildman–Crippen LogP) is 3.10. The maximum absolute atomic E-state index is 12.8. The van der Waals surface area contributed by atoms with Crippen molar-refractivity contribution in [2.24, 2.45) is 0 Å². The monoisotopic (exact) mass is 395 g/mol. The largest absolute Gasteiger partial charge is 0.454 e. The summed E-state index contributed by atoms with van der Waals surface area (Å²) in [6.07, 6.45) is -8.48. The van der Waals surface area contributed by atoms with E-state index in [2.05, 4.69) is 9.84 Å². The third kappa shape index (κ3) is 5.72. The van der Waals surface area contributed by atoms with Crippen LogP contribution in [0.3, 0.4) is 0 Å². The first-order chi connectivity index (χ1) is 12.5. The van der Waals surface area contributed by atoms with E-state index < -0.39 is 54.3 Å². The van der Waals surface area contributed by atoms with Crippen LogP contribution in [0.4, 0.5) is 32.0 Å². The molecule has 0 spiro atoms. The minimum absolute atomic E-state index is 0.520. The lowest BCUT2D eigenvalue weighted by Gasteiger charge is -2.13. The summed E-state index contributed by atoms with van der Waals surface area (Å²) >= 11 is 0. The molecule has 12 heteroatoms. The highest BCUT2D eigenvalue weighted by Gasteiger charge is 2.34. The Morgan fingerprint density at radius 3 is 2.30 bits per heavy atom. The summed E-state index contributed by atoms with van der Waals surface area (Å²) in [5, 5.41) is 5.07. The normalized spacial score (nSPS) is 11.9. The SMILES string of the molecule is O=C(COC(=O)Cn1ccc(C(F)(F)F)n1)Nc1ccccc1C(F)(F)F. The van der Waals surface area contributed by atoms with E-state index in [-0.39, 0.29) is 0 Å². The number of halogens is 6. The van der Waals surface area contributed by atoms with Crippen LogP contribution >= 0.6 is 0 Å². The molecular weight excluding hydrogens is 384 g/mol. The van der Waals surface area contributed by atoms with Crippen LogP contribution in [0.25, 0.3) is 0 Å². The van der Waals surface area contributed by atoms with Crippen molar-refractivity contribution in [1.29, 1.82) is 0 Å². The standard InChI is InChI=1S/C15H11F6N3O3/c16-14(17,18)9-3-1-2-4-10(9)22-12(25)8-27-13(26)7-24-6-5-11(23-24)15(19,20)21/h1-6H,7-8H2,(H,22,25). The van der Waals surface area contributed by atoms with E-state index >= 15 is 0 Å². The van der Waals surface area contributed by atoms with E-state index in [1.807, 2.05) is 5.32 Å². The Morgan fingerprint density at radius 1 is 1.04 bits per heavy atom. The lowest BCUT2D eigenvalue weighted by Crippen LogP contribution is -2.24. The van der Waals surface area contributed by atoms with Gasteiger partial charge in [-0.2, -0.15) is 31.4 Å². The molecule has 1 amide bonds. The molecule has 0 fully saturated rings. The summed E-state index contributed by atoms with van der Waals surface area (Å²) in [5.74, 6) is -2.14. The Labute approximate surface area is 147 Å². The van der Waals surface area contributed by atoms with Gasteiger partial charge in [-0.15, -0.1) is 0 Å². The molecule has 2 aromatic rings. The summed E-state index contributed by atoms with van der Waals surface area (Å²) in [6, 6.07) is 4.83. The van der Waals surface area contributed by atoms with Crippen molar-refractivity contribution in [3.8, 4) is 0 Å². The molecule has 6 nitrogen and oxygen atoms in total. The second kappa shape index (κ2) is 7.68. The van der Waals surface area contributed by atoms with Crippen LogP contribution in [-0.4, -0.2) is 28.3 Å². The van der Waals surface area contributed by atoms with Gasteiger partial charge in [0.25, 0.3) is 5.91 Å². The van der Waals surface area contributed by atoms with Crippen molar-refractivity contribution in [3.63, 3.8) is 0 Å². The van der Waals surface area contributed by atoms with Gasteiger partial charge in [-0.1, -0.05) is 12.1 Å². The van der Waals surface area contributed by atoms with E-state index in [1.165, 1.54) is 6.07 Å². The van der Waals surface area contributed by atoms with Crippen molar-refractivity contribution < 1.29 is 40.7 Å². The highest BCUT2D eigenvalue weighted by atomic mass is 19.4. The van der Waals surface area contributed by atoms with Gasteiger partial charge in [0, 0.05) is 6.20 Å². The number of alkyl halides is 6. The van der Waals surface area contributed by atoms with E-state index in [0.29, 0.717) is 10.7 Å². The van der Waals surface area contributed by atoms with Crippen LogP contribution in [0, 0.1) is 0 Å². The Morgan fingerprint density at radius 2 is 1.70 bits per heavy atom. The molecule has 0 radical (unpaired) electrons. The summed E-state index contributed by atoms with van der Waals surface area (Å²) in [5.41, 5.74) is -2.81. The number of para-hydroxylation sites is 1. The van der Waals surface area contributed by atoms with Crippen LogP contribution in [0.1, 0.15) is 11.3 Å². The molecule has 0 aliphatic carbocycles. The predicted molar refractivity (Wildman–Crippen MR) is 78.3 cm³/mol. The fourth-order valence-electron chi connectivity index (χ4n) is 1.95. The number of ether oxygens (including phenoxy) is 1. The zero-order valence-electron chi connectivity index (χ0n) is 13.3. The number of benzene rings is 1. The van der Waals surface area contributed by atoms with Crippen molar-refractivity contribution >= 4 is 17.6 Å². The molecule has 27 heavy (non-hydrogen) atoms. The number of aromatic nitrogens is 2. The van der Waals surface area contributed by atoms with Gasteiger partial charge in [0.2, 0.25) is 0 Å². The third-order valence-corrected chi connectivity index (χ3v) is 3.09. The maximum Gasteiger partial charge on any atom is 0.435 e. The van der Waals surface area contributed by atoms with Crippen LogP contribution < -0.4 is 5.32 Å². The summed E-state index contributed by atoms with van der Waals surface area (Å²) in [4.78, 5) is 23.2. The first-order valence-corrected chi connectivity index (χ1v) is 7.19. The molecule has 0 aliphatic rings. The smallest absolute Gasteiger partial charge is 0.435 e. The Balaban J connectivity index is 1.89. The summed E-state index contributed by atoms with van der Waals surface area (Å²) < 4.78 is 80.8. The Bertz CT molecular complexity index is 829. The topological polar surface area (TPSA) is 73.2 Å². The van der Waals surface area contributed by atoms with E-state index in [9.17, 15) is 35.9 Å². The Hall–Kier alpha value is -3.05. The molecule has 0 unspecified atom stereocenters. The lowest BCUT2D eigenvalue weighted by molar-refractivity contribution is -0.149. The summed E-state index contributed by atoms with van der Waals surface area (Å²) in [7, 11) is 0. The Kier molecular flexibility index (Phi) is 5.76. The molecule has 0 atom stereocenters. The second-order valence-electron chi connectivity index (χ2n) is 5.15. The third-order valence-electron chi connectivity index (χ3n) is 3.09. The molecule has 1 aromatic heterocycles. The van der Waals surface area contributed by atoms with Crippen molar-refractivity contribution in [2.45, 2.75) is 18.9 Å². The highest BCUT2D eigenvalue weighted by Crippen LogP contribution is 2.34. The van der Waals surface area contributed by atoms with E-state index in [1.54, 1.807) is 0 Å². The minimum Gasteiger partial charge on any atom is -0.454 e. The van der Waals surface area contributed by atoms with E-state index in [4.69, 9.17) is 0 Å². The first kappa shape index (κ1) is 20.3. The number of amides is 1. The van der Waals surface area contributed by atoms with Gasteiger partial charge in [-0.3, -0.25) is 14.3 Å². The minimum atomic E-state index is -4.70. The van der Waals surface area contributed by atoms with Gasteiger partial charge in [-0.25, -0.2) is 0 Å². The van der Waals surface area contributed by atoms with Gasteiger partial charge < -0.3 is 10.1 Å². The molecular formula is C15H11F6N3O3. The number of carbonyl (C=O) groups excluding carboxylic acids is 2. The lowest BCUT2D eigenvalue weighted by atomic mass is 10.1. The van der Waals surface area contributed by atoms with Gasteiger partial charge in [0.15, 0.2) is 12.3 Å². The molecule has 1 heterocycles. The maximum atomic E-state index is 12.8. The molecule has 0 aliphatic heterocycles.